The molecule has 3 heterocycles. The van der Waals surface area contributed by atoms with Gasteiger partial charge in [0.1, 0.15) is 0 Å². The maximum Gasteiger partial charge on any atom is 0.0992 e. The van der Waals surface area contributed by atoms with Gasteiger partial charge in [-0.1, -0.05) is 91.0 Å². The van der Waals surface area contributed by atoms with E-state index in [9.17, 15) is 5.26 Å². The predicted molar refractivity (Wildman–Crippen MR) is 194 cm³/mol. The minimum atomic E-state index is 0.635. The quantitative estimate of drug-likeness (QED) is 0.199. The van der Waals surface area contributed by atoms with E-state index in [0.29, 0.717) is 5.56 Å². The van der Waals surface area contributed by atoms with E-state index in [1.807, 2.05) is 18.2 Å². The van der Waals surface area contributed by atoms with Gasteiger partial charge in [-0.25, -0.2) is 0 Å². The third kappa shape index (κ3) is 3.51. The Bertz CT molecular complexity index is 2730. The number of nitrogens with zero attached hydrogens (tertiary/aromatic N) is 4. The summed E-state index contributed by atoms with van der Waals surface area (Å²) in [6, 6.07) is 58.1. The fraction of sp³-hybridized carbons (Fsp3) is 0. The second-order valence-electron chi connectivity index (χ2n) is 12.1. The van der Waals surface area contributed by atoms with Crippen LogP contribution in [0.5, 0.6) is 0 Å². The summed E-state index contributed by atoms with van der Waals surface area (Å²) in [5, 5.41) is 17.2. The molecule has 7 aromatic carbocycles. The Kier molecular flexibility index (Phi) is 5.32. The van der Waals surface area contributed by atoms with E-state index in [0.717, 1.165) is 50.2 Å². The molecular formula is C43H26N4. The molecule has 10 aromatic rings. The van der Waals surface area contributed by atoms with Crippen LogP contribution in [0.3, 0.4) is 0 Å². The Balaban J connectivity index is 1.49. The lowest BCUT2D eigenvalue weighted by atomic mass is 10.1. The third-order valence-corrected chi connectivity index (χ3v) is 9.62. The lowest BCUT2D eigenvalue weighted by Gasteiger charge is -2.11. The van der Waals surface area contributed by atoms with Crippen LogP contribution in [0.25, 0.3) is 82.5 Å². The van der Waals surface area contributed by atoms with E-state index in [-0.39, 0.29) is 0 Å². The highest BCUT2D eigenvalue weighted by molar-refractivity contribution is 6.31. The van der Waals surface area contributed by atoms with Gasteiger partial charge in [-0.15, -0.1) is 0 Å². The maximum absolute atomic E-state index is 10.0. The lowest BCUT2D eigenvalue weighted by molar-refractivity contribution is 1.17. The molecule has 0 saturated carbocycles. The molecule has 47 heavy (non-hydrogen) atoms. The van der Waals surface area contributed by atoms with Crippen LogP contribution in [-0.2, 0) is 0 Å². The molecule has 0 amide bonds. The Morgan fingerprint density at radius 2 is 0.830 bits per heavy atom. The van der Waals surface area contributed by atoms with Crippen molar-refractivity contribution in [3.05, 3.63) is 163 Å². The fourth-order valence-electron chi connectivity index (χ4n) is 7.78. The van der Waals surface area contributed by atoms with Gasteiger partial charge in [0.15, 0.2) is 0 Å². The monoisotopic (exact) mass is 598 g/mol. The van der Waals surface area contributed by atoms with Gasteiger partial charge in [-0.05, 0) is 66.7 Å². The molecule has 0 N–H and O–H groups in total. The molecular weight excluding hydrogens is 573 g/mol. The van der Waals surface area contributed by atoms with E-state index in [4.69, 9.17) is 0 Å². The van der Waals surface area contributed by atoms with Gasteiger partial charge in [0, 0.05) is 49.4 Å². The van der Waals surface area contributed by atoms with Crippen LogP contribution in [0.4, 0.5) is 0 Å². The van der Waals surface area contributed by atoms with Crippen LogP contribution < -0.4 is 0 Å². The van der Waals surface area contributed by atoms with Crippen molar-refractivity contribution in [3.63, 3.8) is 0 Å². The summed E-state index contributed by atoms with van der Waals surface area (Å²) >= 11 is 0. The number of nitriles is 1. The minimum Gasteiger partial charge on any atom is -0.309 e. The van der Waals surface area contributed by atoms with Gasteiger partial charge < -0.3 is 13.7 Å². The molecule has 0 aliphatic carbocycles. The standard InChI is InChI=1S/C43H26N4/c44-27-28-12-11-17-31(26-28)47-42-32(22-24-38-40(42)34-18-7-9-20-36(34)45(38)29-13-3-1-4-14-29)33-23-25-39-41(43(33)47)35-19-8-10-21-37(35)46(39)30-15-5-2-6-16-30/h1-26H. The van der Waals surface area contributed by atoms with Gasteiger partial charge in [0.25, 0.3) is 0 Å². The van der Waals surface area contributed by atoms with Crippen molar-refractivity contribution in [1.82, 2.24) is 13.7 Å². The average molecular weight is 599 g/mol. The summed E-state index contributed by atoms with van der Waals surface area (Å²) in [6.45, 7) is 0. The van der Waals surface area contributed by atoms with Crippen LogP contribution in [0.2, 0.25) is 0 Å². The summed E-state index contributed by atoms with van der Waals surface area (Å²) in [7, 11) is 0. The van der Waals surface area contributed by atoms with Gasteiger partial charge in [-0.3, -0.25) is 0 Å². The van der Waals surface area contributed by atoms with Crippen LogP contribution in [0, 0.1) is 11.3 Å². The second kappa shape index (κ2) is 9.71. The molecule has 0 bridgehead atoms. The lowest BCUT2D eigenvalue weighted by Crippen LogP contribution is -1.97. The zero-order valence-corrected chi connectivity index (χ0v) is 25.3. The number of fused-ring (bicyclic) bond motifs is 11. The van der Waals surface area contributed by atoms with E-state index < -0.39 is 0 Å². The topological polar surface area (TPSA) is 38.6 Å². The molecule has 0 aliphatic heterocycles. The fourth-order valence-corrected chi connectivity index (χ4v) is 7.78. The number of rotatable bonds is 3. The van der Waals surface area contributed by atoms with Gasteiger partial charge >= 0.3 is 0 Å². The van der Waals surface area contributed by atoms with Crippen molar-refractivity contribution in [1.29, 1.82) is 5.26 Å². The van der Waals surface area contributed by atoms with Crippen LogP contribution >= 0.6 is 0 Å². The molecule has 3 aromatic heterocycles. The van der Waals surface area contributed by atoms with Crippen molar-refractivity contribution in [3.8, 4) is 23.1 Å². The predicted octanol–water partition coefficient (Wildman–Crippen LogP) is 10.8. The van der Waals surface area contributed by atoms with E-state index in [1.54, 1.807) is 0 Å². The molecule has 10 rings (SSSR count). The van der Waals surface area contributed by atoms with Gasteiger partial charge in [-0.2, -0.15) is 5.26 Å². The van der Waals surface area contributed by atoms with Crippen molar-refractivity contribution >= 4 is 65.4 Å². The zero-order chi connectivity index (χ0) is 31.1. The molecule has 0 aliphatic rings. The maximum atomic E-state index is 10.0. The molecule has 0 spiro atoms. The number of aromatic nitrogens is 3. The van der Waals surface area contributed by atoms with Crippen LogP contribution in [0.1, 0.15) is 5.56 Å². The molecule has 4 heteroatoms. The van der Waals surface area contributed by atoms with E-state index >= 15 is 0 Å². The number of para-hydroxylation sites is 4. The SMILES string of the molecule is N#Cc1cccc(-n2c3c(ccc4c3c3ccccc3n4-c3ccccc3)c3ccc4c(c5ccccc5n4-c4ccccc4)c32)c1. The summed E-state index contributed by atoms with van der Waals surface area (Å²) in [6.07, 6.45) is 0. The number of benzene rings is 7. The molecule has 218 valence electrons. The van der Waals surface area contributed by atoms with Gasteiger partial charge in [0.2, 0.25) is 0 Å². The van der Waals surface area contributed by atoms with Crippen molar-refractivity contribution in [2.75, 3.05) is 0 Å². The first kappa shape index (κ1) is 25.7. The largest absolute Gasteiger partial charge is 0.309 e. The highest BCUT2D eigenvalue weighted by atomic mass is 15.0. The normalized spacial score (nSPS) is 11.8. The van der Waals surface area contributed by atoms with E-state index in [1.165, 1.54) is 32.3 Å². The molecule has 4 nitrogen and oxygen atoms in total. The minimum absolute atomic E-state index is 0.635. The van der Waals surface area contributed by atoms with Crippen molar-refractivity contribution in [2.45, 2.75) is 0 Å². The summed E-state index contributed by atoms with van der Waals surface area (Å²) in [5.41, 5.74) is 10.8. The van der Waals surface area contributed by atoms with Crippen LogP contribution in [0.15, 0.2) is 158 Å². The Labute approximate surface area is 270 Å². The van der Waals surface area contributed by atoms with E-state index in [2.05, 4.69) is 159 Å². The Hall–Kier alpha value is -6.57. The molecule has 0 unspecified atom stereocenters. The Morgan fingerprint density at radius 1 is 0.362 bits per heavy atom. The number of hydrogen-bond acceptors (Lipinski definition) is 1. The molecule has 0 saturated heterocycles. The van der Waals surface area contributed by atoms with Crippen LogP contribution in [-0.4, -0.2) is 13.7 Å². The number of hydrogen-bond donors (Lipinski definition) is 0. The highest BCUT2D eigenvalue weighted by Gasteiger charge is 2.24. The van der Waals surface area contributed by atoms with Crippen molar-refractivity contribution < 1.29 is 0 Å². The average Bonchev–Trinajstić information content (AvgIpc) is 3.78. The zero-order valence-electron chi connectivity index (χ0n) is 25.3. The molecule has 0 fully saturated rings. The molecule has 0 atom stereocenters. The summed E-state index contributed by atoms with van der Waals surface area (Å²) in [5.74, 6) is 0. The first-order valence-electron chi connectivity index (χ1n) is 15.9. The summed E-state index contributed by atoms with van der Waals surface area (Å²) < 4.78 is 7.16. The van der Waals surface area contributed by atoms with Gasteiger partial charge in [0.05, 0.1) is 44.7 Å². The summed E-state index contributed by atoms with van der Waals surface area (Å²) in [4.78, 5) is 0. The first-order chi connectivity index (χ1) is 23.3. The third-order valence-electron chi connectivity index (χ3n) is 9.62. The first-order valence-corrected chi connectivity index (χ1v) is 15.9. The molecule has 0 radical (unpaired) electrons. The highest BCUT2D eigenvalue weighted by Crippen LogP contribution is 2.46. The smallest absolute Gasteiger partial charge is 0.0992 e. The second-order valence-corrected chi connectivity index (χ2v) is 12.1. The van der Waals surface area contributed by atoms with Crippen molar-refractivity contribution in [2.24, 2.45) is 0 Å². The Morgan fingerprint density at radius 3 is 1.34 bits per heavy atom.